The second-order valence-electron chi connectivity index (χ2n) is 5.81. The van der Waals surface area contributed by atoms with Gasteiger partial charge in [-0.2, -0.15) is 0 Å². The first-order valence-electron chi connectivity index (χ1n) is 8.49. The SMILES string of the molecule is COC(OC)c1nccn1-c1ccc(NC(=O)OCc2ccccc2)cc1F. The van der Waals surface area contributed by atoms with Crippen LogP contribution in [0.25, 0.3) is 5.69 Å². The summed E-state index contributed by atoms with van der Waals surface area (Å²) < 4.78 is 31.7. The first kappa shape index (κ1) is 19.5. The van der Waals surface area contributed by atoms with Crippen molar-refractivity contribution in [2.24, 2.45) is 0 Å². The number of hydrogen-bond donors (Lipinski definition) is 1. The lowest BCUT2D eigenvalue weighted by Gasteiger charge is -2.16. The van der Waals surface area contributed by atoms with Gasteiger partial charge in [0.15, 0.2) is 5.82 Å². The Bertz CT molecular complexity index is 926. The summed E-state index contributed by atoms with van der Waals surface area (Å²) >= 11 is 0. The van der Waals surface area contributed by atoms with E-state index in [0.29, 0.717) is 5.82 Å². The van der Waals surface area contributed by atoms with Crippen molar-refractivity contribution in [1.29, 1.82) is 0 Å². The molecule has 0 unspecified atom stereocenters. The number of nitrogens with zero attached hydrogens (tertiary/aromatic N) is 2. The zero-order valence-corrected chi connectivity index (χ0v) is 15.5. The Balaban J connectivity index is 1.69. The monoisotopic (exact) mass is 385 g/mol. The second kappa shape index (κ2) is 9.12. The van der Waals surface area contributed by atoms with Gasteiger partial charge in [-0.3, -0.25) is 9.88 Å². The maximum Gasteiger partial charge on any atom is 0.411 e. The van der Waals surface area contributed by atoms with Gasteiger partial charge in [0.05, 0.1) is 5.69 Å². The molecule has 28 heavy (non-hydrogen) atoms. The van der Waals surface area contributed by atoms with Gasteiger partial charge in [0.1, 0.15) is 12.4 Å². The third-order valence-corrected chi connectivity index (χ3v) is 3.97. The molecule has 1 N–H and O–H groups in total. The van der Waals surface area contributed by atoms with Crippen LogP contribution in [0, 0.1) is 5.82 Å². The molecule has 7 nitrogen and oxygen atoms in total. The Hall–Kier alpha value is -3.23. The molecule has 0 saturated heterocycles. The van der Waals surface area contributed by atoms with E-state index < -0.39 is 18.2 Å². The quantitative estimate of drug-likeness (QED) is 0.621. The van der Waals surface area contributed by atoms with Gasteiger partial charge in [0, 0.05) is 32.3 Å². The highest BCUT2D eigenvalue weighted by atomic mass is 19.1. The molecular formula is C20H20FN3O4. The Morgan fingerprint density at radius 2 is 1.93 bits per heavy atom. The highest BCUT2D eigenvalue weighted by Crippen LogP contribution is 2.24. The van der Waals surface area contributed by atoms with Crippen molar-refractivity contribution >= 4 is 11.8 Å². The van der Waals surface area contributed by atoms with E-state index in [2.05, 4.69) is 10.3 Å². The predicted molar refractivity (Wildman–Crippen MR) is 101 cm³/mol. The average Bonchev–Trinajstić information content (AvgIpc) is 3.18. The van der Waals surface area contributed by atoms with E-state index in [1.165, 1.54) is 37.1 Å². The van der Waals surface area contributed by atoms with Gasteiger partial charge in [-0.1, -0.05) is 30.3 Å². The second-order valence-corrected chi connectivity index (χ2v) is 5.81. The summed E-state index contributed by atoms with van der Waals surface area (Å²) in [5.74, 6) is -0.155. The summed E-state index contributed by atoms with van der Waals surface area (Å²) in [6.45, 7) is 0.126. The molecule has 0 fully saturated rings. The normalized spacial score (nSPS) is 10.9. The first-order chi connectivity index (χ1) is 13.6. The van der Waals surface area contributed by atoms with Gasteiger partial charge in [0.2, 0.25) is 6.29 Å². The van der Waals surface area contributed by atoms with E-state index in [1.807, 2.05) is 30.3 Å². The summed E-state index contributed by atoms with van der Waals surface area (Å²) in [4.78, 5) is 16.1. The first-order valence-corrected chi connectivity index (χ1v) is 8.49. The fourth-order valence-electron chi connectivity index (χ4n) is 2.66. The third-order valence-electron chi connectivity index (χ3n) is 3.97. The number of rotatable bonds is 7. The fourth-order valence-corrected chi connectivity index (χ4v) is 2.66. The zero-order valence-electron chi connectivity index (χ0n) is 15.5. The summed E-state index contributed by atoms with van der Waals surface area (Å²) in [5, 5.41) is 2.51. The molecule has 0 aliphatic carbocycles. The molecule has 1 amide bonds. The van der Waals surface area contributed by atoms with Crippen molar-refractivity contribution < 1.29 is 23.4 Å². The van der Waals surface area contributed by atoms with Crippen LogP contribution in [0.15, 0.2) is 60.9 Å². The molecule has 1 heterocycles. The lowest BCUT2D eigenvalue weighted by molar-refractivity contribution is -0.112. The summed E-state index contributed by atoms with van der Waals surface area (Å²) in [5.41, 5.74) is 1.38. The van der Waals surface area contributed by atoms with Crippen LogP contribution in [-0.2, 0) is 20.8 Å². The lowest BCUT2D eigenvalue weighted by Crippen LogP contribution is -2.14. The Labute approximate surface area is 161 Å². The number of methoxy groups -OCH3 is 2. The van der Waals surface area contributed by atoms with Gasteiger partial charge in [0.25, 0.3) is 0 Å². The Morgan fingerprint density at radius 3 is 2.61 bits per heavy atom. The van der Waals surface area contributed by atoms with Crippen LogP contribution in [-0.4, -0.2) is 29.9 Å². The summed E-state index contributed by atoms with van der Waals surface area (Å²) in [6, 6.07) is 13.6. The number of imidazole rings is 1. The van der Waals surface area contributed by atoms with Crippen LogP contribution in [0.3, 0.4) is 0 Å². The molecule has 0 spiro atoms. The number of ether oxygens (including phenoxy) is 3. The molecule has 0 atom stereocenters. The molecule has 0 radical (unpaired) electrons. The molecule has 0 saturated carbocycles. The minimum absolute atomic E-state index is 0.126. The third kappa shape index (κ3) is 4.54. The maximum atomic E-state index is 14.6. The highest BCUT2D eigenvalue weighted by Gasteiger charge is 2.18. The van der Waals surface area contributed by atoms with Crippen LogP contribution in [0.5, 0.6) is 0 Å². The molecule has 3 aromatic rings. The highest BCUT2D eigenvalue weighted by molar-refractivity contribution is 5.84. The molecule has 1 aromatic heterocycles. The largest absolute Gasteiger partial charge is 0.444 e. The lowest BCUT2D eigenvalue weighted by atomic mass is 10.2. The number of halogens is 1. The molecule has 0 aliphatic rings. The van der Waals surface area contributed by atoms with Crippen LogP contribution >= 0.6 is 0 Å². The van der Waals surface area contributed by atoms with Crippen molar-refractivity contribution in [3.8, 4) is 5.69 Å². The topological polar surface area (TPSA) is 74.6 Å². The number of hydrogen-bond acceptors (Lipinski definition) is 5. The van der Waals surface area contributed by atoms with Crippen LogP contribution < -0.4 is 5.32 Å². The van der Waals surface area contributed by atoms with Gasteiger partial charge in [-0.25, -0.2) is 14.2 Å². The van der Waals surface area contributed by atoms with Gasteiger partial charge in [-0.15, -0.1) is 0 Å². The molecule has 8 heteroatoms. The average molecular weight is 385 g/mol. The smallest absolute Gasteiger partial charge is 0.411 e. The van der Waals surface area contributed by atoms with Crippen molar-refractivity contribution in [3.05, 3.63) is 78.1 Å². The molecule has 2 aromatic carbocycles. The van der Waals surface area contributed by atoms with Crippen LogP contribution in [0.1, 0.15) is 17.7 Å². The van der Waals surface area contributed by atoms with Crippen LogP contribution in [0.4, 0.5) is 14.9 Å². The summed E-state index contributed by atoms with van der Waals surface area (Å²) in [6.07, 6.45) is 1.71. The van der Waals surface area contributed by atoms with Gasteiger partial charge in [-0.05, 0) is 23.8 Å². The zero-order chi connectivity index (χ0) is 19.9. The maximum absolute atomic E-state index is 14.6. The Morgan fingerprint density at radius 1 is 1.18 bits per heavy atom. The number of benzene rings is 2. The van der Waals surface area contributed by atoms with E-state index in [0.717, 1.165) is 5.56 Å². The minimum atomic E-state index is -0.736. The molecule has 0 bridgehead atoms. The minimum Gasteiger partial charge on any atom is -0.444 e. The Kier molecular flexibility index (Phi) is 6.36. The number of amides is 1. The van der Waals surface area contributed by atoms with Gasteiger partial charge >= 0.3 is 6.09 Å². The van der Waals surface area contributed by atoms with E-state index in [9.17, 15) is 9.18 Å². The van der Waals surface area contributed by atoms with E-state index in [1.54, 1.807) is 12.3 Å². The van der Waals surface area contributed by atoms with Gasteiger partial charge < -0.3 is 14.2 Å². The van der Waals surface area contributed by atoms with Crippen LogP contribution in [0.2, 0.25) is 0 Å². The summed E-state index contributed by atoms with van der Waals surface area (Å²) in [7, 11) is 2.94. The number of nitrogens with one attached hydrogen (secondary N) is 1. The molecule has 146 valence electrons. The predicted octanol–water partition coefficient (Wildman–Crippen LogP) is 4.05. The number of anilines is 1. The fraction of sp³-hybridized carbons (Fsp3) is 0.200. The van der Waals surface area contributed by atoms with Crippen molar-refractivity contribution in [2.75, 3.05) is 19.5 Å². The number of carbonyl (C=O) groups excluding carboxylic acids is 1. The van der Waals surface area contributed by atoms with Crippen molar-refractivity contribution in [3.63, 3.8) is 0 Å². The van der Waals surface area contributed by atoms with Crippen molar-refractivity contribution in [2.45, 2.75) is 12.9 Å². The molecular weight excluding hydrogens is 365 g/mol. The molecule has 0 aliphatic heterocycles. The standard InChI is InChI=1S/C20H20FN3O4/c1-26-19(27-2)18-22-10-11-24(18)17-9-8-15(12-16(17)21)23-20(25)28-13-14-6-4-3-5-7-14/h3-12,19H,13H2,1-2H3,(H,23,25). The van der Waals surface area contributed by atoms with E-state index in [-0.39, 0.29) is 18.0 Å². The number of carbonyl (C=O) groups is 1. The number of aromatic nitrogens is 2. The van der Waals surface area contributed by atoms with E-state index in [4.69, 9.17) is 14.2 Å². The van der Waals surface area contributed by atoms with E-state index >= 15 is 0 Å². The van der Waals surface area contributed by atoms with Crippen molar-refractivity contribution in [1.82, 2.24) is 9.55 Å². The molecule has 3 rings (SSSR count).